The van der Waals surface area contributed by atoms with Gasteiger partial charge in [0.1, 0.15) is 0 Å². The molecule has 1 fully saturated rings. The molecule has 1 atom stereocenters. The van der Waals surface area contributed by atoms with Crippen molar-refractivity contribution in [2.24, 2.45) is 5.73 Å². The molecule has 194 valence electrons. The van der Waals surface area contributed by atoms with Crippen LogP contribution in [0.1, 0.15) is 23.6 Å². The first-order valence-electron chi connectivity index (χ1n) is 11.0. The third kappa shape index (κ3) is 7.25. The Morgan fingerprint density at radius 1 is 1.17 bits per heavy atom. The van der Waals surface area contributed by atoms with Crippen LogP contribution in [0, 0.1) is 11.6 Å². The van der Waals surface area contributed by atoms with Gasteiger partial charge in [0.05, 0.1) is 24.2 Å². The van der Waals surface area contributed by atoms with Crippen LogP contribution in [0.15, 0.2) is 54.7 Å². The van der Waals surface area contributed by atoms with Gasteiger partial charge in [-0.05, 0) is 48.7 Å². The number of primary amides is 1. The number of hydrogen-bond donors (Lipinski definition) is 2. The fraction of sp³-hybridized carbons (Fsp3) is 0.333. The number of hydrogen-bond acceptors (Lipinski definition) is 4. The molecule has 0 spiro atoms. The molecule has 2 heterocycles. The zero-order valence-electron chi connectivity index (χ0n) is 19.4. The summed E-state index contributed by atoms with van der Waals surface area (Å²) in [5.41, 5.74) is 4.48. The number of urea groups is 1. The number of nitrogens with zero attached hydrogens (tertiary/aromatic N) is 3. The van der Waals surface area contributed by atoms with Crippen molar-refractivity contribution < 1.29 is 31.5 Å². The van der Waals surface area contributed by atoms with Gasteiger partial charge in [-0.1, -0.05) is 24.3 Å². The zero-order chi connectivity index (χ0) is 26.3. The second-order valence-electron chi connectivity index (χ2n) is 8.11. The Labute approximate surface area is 204 Å². The quantitative estimate of drug-likeness (QED) is 0.467. The number of benzene rings is 2. The predicted molar refractivity (Wildman–Crippen MR) is 124 cm³/mol. The molecule has 3 aromatic rings. The summed E-state index contributed by atoms with van der Waals surface area (Å²) >= 11 is 0. The maximum atomic E-state index is 13.1. The number of nitrogens with two attached hydrogens (primary N) is 1. The molecule has 0 saturated carbocycles. The Morgan fingerprint density at radius 2 is 1.89 bits per heavy atom. The SMILES string of the molecule is COCCN1CCC(c2ccc(F)c(F)c2)C1.NC(=O)Nc1cn(-c2ccccc2)nc1C(F)(F)F. The molecule has 1 saturated heterocycles. The van der Waals surface area contributed by atoms with E-state index in [1.54, 1.807) is 43.5 Å². The minimum absolute atomic E-state index is 0.307. The zero-order valence-corrected chi connectivity index (χ0v) is 19.4. The lowest BCUT2D eigenvalue weighted by atomic mass is 9.98. The van der Waals surface area contributed by atoms with Crippen LogP contribution in [0.4, 0.5) is 32.4 Å². The molecule has 3 N–H and O–H groups in total. The van der Waals surface area contributed by atoms with Gasteiger partial charge in [0.25, 0.3) is 0 Å². The van der Waals surface area contributed by atoms with Gasteiger partial charge in [-0.25, -0.2) is 18.3 Å². The highest BCUT2D eigenvalue weighted by Gasteiger charge is 2.38. The molecule has 7 nitrogen and oxygen atoms in total. The maximum Gasteiger partial charge on any atom is 0.437 e. The second kappa shape index (κ2) is 12.0. The normalized spacial score (nSPS) is 15.9. The van der Waals surface area contributed by atoms with Gasteiger partial charge >= 0.3 is 12.2 Å². The number of aromatic nitrogens is 2. The molecule has 2 amide bonds. The molecule has 1 aliphatic rings. The molecule has 1 unspecified atom stereocenters. The van der Waals surface area contributed by atoms with Crippen LogP contribution < -0.4 is 11.1 Å². The van der Waals surface area contributed by atoms with Crippen molar-refractivity contribution in [1.82, 2.24) is 14.7 Å². The summed E-state index contributed by atoms with van der Waals surface area (Å²) in [6.45, 7) is 3.50. The third-order valence-electron chi connectivity index (χ3n) is 5.56. The number of para-hydroxylation sites is 1. The number of alkyl halides is 3. The largest absolute Gasteiger partial charge is 0.437 e. The average molecular weight is 511 g/mol. The number of halogens is 5. The Kier molecular flexibility index (Phi) is 8.99. The van der Waals surface area contributed by atoms with E-state index in [4.69, 9.17) is 10.5 Å². The minimum atomic E-state index is -4.68. The first-order valence-corrected chi connectivity index (χ1v) is 11.0. The number of amides is 2. The van der Waals surface area contributed by atoms with E-state index in [9.17, 15) is 26.7 Å². The van der Waals surface area contributed by atoms with Crippen LogP contribution in [0.3, 0.4) is 0 Å². The number of anilines is 1. The summed E-state index contributed by atoms with van der Waals surface area (Å²) in [4.78, 5) is 13.0. The van der Waals surface area contributed by atoms with E-state index in [-0.39, 0.29) is 0 Å². The van der Waals surface area contributed by atoms with Crippen LogP contribution >= 0.6 is 0 Å². The number of nitrogens with one attached hydrogen (secondary N) is 1. The Bertz CT molecular complexity index is 1150. The smallest absolute Gasteiger partial charge is 0.383 e. The van der Waals surface area contributed by atoms with Crippen LogP contribution in [-0.2, 0) is 10.9 Å². The third-order valence-corrected chi connectivity index (χ3v) is 5.56. The Balaban J connectivity index is 0.000000202. The van der Waals surface area contributed by atoms with Crippen molar-refractivity contribution in [3.05, 3.63) is 77.6 Å². The van der Waals surface area contributed by atoms with E-state index < -0.39 is 35.2 Å². The van der Waals surface area contributed by atoms with Crippen molar-refractivity contribution in [3.63, 3.8) is 0 Å². The van der Waals surface area contributed by atoms with E-state index in [0.717, 1.165) is 42.5 Å². The molecule has 2 aromatic carbocycles. The second-order valence-corrected chi connectivity index (χ2v) is 8.11. The number of carbonyl (C=O) groups excluding carboxylic acids is 1. The lowest BCUT2D eigenvalue weighted by Crippen LogP contribution is -2.24. The van der Waals surface area contributed by atoms with E-state index in [1.807, 2.05) is 5.32 Å². The molecule has 0 radical (unpaired) electrons. The Morgan fingerprint density at radius 3 is 2.50 bits per heavy atom. The molecule has 12 heteroatoms. The number of rotatable bonds is 6. The van der Waals surface area contributed by atoms with E-state index in [0.29, 0.717) is 18.2 Å². The molecule has 0 bridgehead atoms. The summed E-state index contributed by atoms with van der Waals surface area (Å²) in [6.07, 6.45) is -2.63. The first kappa shape index (κ1) is 27.1. The van der Waals surface area contributed by atoms with Crippen LogP contribution in [0.2, 0.25) is 0 Å². The van der Waals surface area contributed by atoms with Crippen molar-refractivity contribution in [3.8, 4) is 5.69 Å². The molecule has 0 aliphatic carbocycles. The van der Waals surface area contributed by atoms with Gasteiger partial charge in [0, 0.05) is 20.2 Å². The fourth-order valence-corrected chi connectivity index (χ4v) is 3.82. The topological polar surface area (TPSA) is 85.4 Å². The summed E-state index contributed by atoms with van der Waals surface area (Å²) < 4.78 is 70.3. The van der Waals surface area contributed by atoms with Crippen LogP contribution in [-0.4, -0.2) is 54.1 Å². The summed E-state index contributed by atoms with van der Waals surface area (Å²) in [5.74, 6) is -1.22. The van der Waals surface area contributed by atoms with E-state index in [1.165, 1.54) is 12.1 Å². The van der Waals surface area contributed by atoms with Gasteiger partial charge in [0.2, 0.25) is 0 Å². The highest BCUT2D eigenvalue weighted by Crippen LogP contribution is 2.34. The number of likely N-dealkylation sites (tertiary alicyclic amines) is 1. The number of ether oxygens (including phenoxy) is 1. The Hall–Kier alpha value is -3.51. The van der Waals surface area contributed by atoms with Gasteiger partial charge in [-0.3, -0.25) is 0 Å². The monoisotopic (exact) mass is 511 g/mol. The van der Waals surface area contributed by atoms with Crippen molar-refractivity contribution in [2.75, 3.05) is 38.7 Å². The van der Waals surface area contributed by atoms with Crippen LogP contribution in [0.25, 0.3) is 5.69 Å². The van der Waals surface area contributed by atoms with Gasteiger partial charge in [-0.15, -0.1) is 0 Å². The lowest BCUT2D eigenvalue weighted by Gasteiger charge is -2.15. The molecule has 1 aromatic heterocycles. The van der Waals surface area contributed by atoms with E-state index in [2.05, 4.69) is 10.00 Å². The first-order chi connectivity index (χ1) is 17.1. The summed E-state index contributed by atoms with van der Waals surface area (Å²) in [7, 11) is 1.68. The molecule has 36 heavy (non-hydrogen) atoms. The average Bonchev–Trinajstić information content (AvgIpc) is 3.47. The minimum Gasteiger partial charge on any atom is -0.383 e. The van der Waals surface area contributed by atoms with Crippen molar-refractivity contribution in [1.29, 1.82) is 0 Å². The molecular weight excluding hydrogens is 485 g/mol. The van der Waals surface area contributed by atoms with Crippen LogP contribution in [0.5, 0.6) is 0 Å². The molecule has 1 aliphatic heterocycles. The van der Waals surface area contributed by atoms with E-state index >= 15 is 0 Å². The molecule has 4 rings (SSSR count). The van der Waals surface area contributed by atoms with Gasteiger partial charge in [0.15, 0.2) is 17.3 Å². The lowest BCUT2D eigenvalue weighted by molar-refractivity contribution is -0.140. The highest BCUT2D eigenvalue weighted by molar-refractivity contribution is 5.88. The summed E-state index contributed by atoms with van der Waals surface area (Å²) in [5, 5.41) is 5.33. The van der Waals surface area contributed by atoms with Crippen molar-refractivity contribution in [2.45, 2.75) is 18.5 Å². The highest BCUT2D eigenvalue weighted by atomic mass is 19.4. The fourth-order valence-electron chi connectivity index (χ4n) is 3.82. The standard InChI is InChI=1S/C13H17F2NO.C11H9F3N4O/c1-17-7-6-16-5-4-11(9-16)10-2-3-12(14)13(15)8-10;12-11(13,14)9-8(16-10(15)19)6-18(17-9)7-4-2-1-3-5-7/h2-3,8,11H,4-7,9H2,1H3;1-6H,(H3,15,16,19). The van der Waals surface area contributed by atoms with Gasteiger partial charge < -0.3 is 20.7 Å². The molecular formula is C24H26F5N5O2. The number of methoxy groups -OCH3 is 1. The maximum absolute atomic E-state index is 13.1. The summed E-state index contributed by atoms with van der Waals surface area (Å²) in [6, 6.07) is 11.3. The van der Waals surface area contributed by atoms with Crippen molar-refractivity contribution >= 4 is 11.7 Å². The van der Waals surface area contributed by atoms with Gasteiger partial charge in [-0.2, -0.15) is 18.3 Å². The predicted octanol–water partition coefficient (Wildman–Crippen LogP) is 4.78. The number of carbonyl (C=O) groups is 1.